The van der Waals surface area contributed by atoms with Gasteiger partial charge in [-0.25, -0.2) is 41.7 Å². The zero-order valence-corrected chi connectivity index (χ0v) is 84.8. The highest BCUT2D eigenvalue weighted by Crippen LogP contribution is 2.33. The highest BCUT2D eigenvalue weighted by atomic mass is 19.1. The van der Waals surface area contributed by atoms with E-state index in [1.54, 1.807) is 124 Å². The molecule has 5 aliphatic heterocycles. The number of nitrogens with one attached hydrogen (secondary N) is 4. The van der Waals surface area contributed by atoms with Crippen LogP contribution in [0.3, 0.4) is 0 Å². The summed E-state index contributed by atoms with van der Waals surface area (Å²) < 4.78 is 112. The standard InChI is InChI=1S/C24H29FN2O5.C23H27FN4O3.C23H27FN2O5.C22H25FN4O3.C15H18FNO4/c1-14-21(22(24(30)32-5)15(2)26(14)3)20(28)13-16-6-7-19(25)18(12-16)23(29)27-10-8-17(31-4)9-11-27;1-13-20-19(25-26-22(29)21(20)14(2)27(13)3)12-15-5-6-18(24)17(11-15)23(30)28-9-7-16(31-4)8-10-28;1-13-20(21(14(2)25-13)23(29)31-4)19(27)12-15-5-6-18(24)17(11-15)22(28)26-9-7-16(30-3)8-10-26;1-12-19-18(25-26-21(28)20(19)13(2)24-12)11-14-4-5-17(23)16(10-14)22(29)27-8-6-15(30-3)7-9-27;1-21-11-4-6-17(7-5-11)15(20)12-8-10(9-14(18)19)2-3-13(12)16/h6-7,12,17H,8-11,13H2,1-5H3;5-6,11,16H,7-10,12H2,1-4H3,(H,26,29);5-6,11,16,25H,7-10,12H2,1-4H3;4-5,10,15,24H,6-9,11H2,1-3H3,(H,26,28);2-3,8,11H,4-7,9H2,1H3,(H,18,19). The number of aromatic nitrogens is 8. The van der Waals surface area contributed by atoms with Gasteiger partial charge in [0.1, 0.15) is 29.1 Å². The maximum Gasteiger partial charge on any atom is 0.340 e. The van der Waals surface area contributed by atoms with E-state index in [0.717, 1.165) is 89.3 Å². The number of methoxy groups -OCH3 is 7. The van der Waals surface area contributed by atoms with Crippen molar-refractivity contribution in [2.75, 3.05) is 115 Å². The Morgan fingerprint density at radius 2 is 0.593 bits per heavy atom. The van der Waals surface area contributed by atoms with Crippen LogP contribution < -0.4 is 11.1 Å². The molecule has 5 amide bonds. The number of benzene rings is 5. The van der Waals surface area contributed by atoms with E-state index >= 15 is 0 Å². The molecule has 5 fully saturated rings. The van der Waals surface area contributed by atoms with Gasteiger partial charge in [-0.3, -0.25) is 47.9 Å². The van der Waals surface area contributed by atoms with Crippen molar-refractivity contribution in [1.29, 1.82) is 0 Å². The molecule has 11 heterocycles. The Labute approximate surface area is 835 Å². The first-order valence-electron chi connectivity index (χ1n) is 48.1. The number of nitrogens with zero attached hydrogens (tertiary/aromatic N) is 9. The number of aryl methyl sites for hydroxylation is 6. The highest BCUT2D eigenvalue weighted by molar-refractivity contribution is 6.10. The van der Waals surface area contributed by atoms with Gasteiger partial charge >= 0.3 is 17.9 Å². The van der Waals surface area contributed by atoms with Crippen LogP contribution in [-0.2, 0) is 84.2 Å². The van der Waals surface area contributed by atoms with Gasteiger partial charge in [0.2, 0.25) is 0 Å². The molecule has 5 aromatic carbocycles. The lowest BCUT2D eigenvalue weighted by molar-refractivity contribution is -0.136. The second-order valence-electron chi connectivity index (χ2n) is 37.0. The van der Waals surface area contributed by atoms with Crippen LogP contribution >= 0.6 is 0 Å². The molecule has 5 N–H and O–H groups in total. The van der Waals surface area contributed by atoms with Crippen LogP contribution in [0.25, 0.3) is 21.5 Å². The Kier molecular flexibility index (Phi) is 37.2. The Hall–Kier alpha value is -14.0. The van der Waals surface area contributed by atoms with Crippen molar-refractivity contribution >= 4 is 80.6 Å². The van der Waals surface area contributed by atoms with Crippen molar-refractivity contribution in [3.05, 3.63) is 276 Å². The quantitative estimate of drug-likeness (QED) is 0.0213. The van der Waals surface area contributed by atoms with E-state index in [2.05, 4.69) is 30.4 Å². The van der Waals surface area contributed by atoms with Gasteiger partial charge in [-0.05, 0) is 208 Å². The molecule has 0 atom stereocenters. The van der Waals surface area contributed by atoms with E-state index in [1.165, 1.54) is 74.9 Å². The number of carboxylic acid groups (broad SMARTS) is 1. The van der Waals surface area contributed by atoms with Crippen molar-refractivity contribution in [2.24, 2.45) is 14.1 Å². The van der Waals surface area contributed by atoms with Crippen molar-refractivity contribution in [3.8, 4) is 0 Å². The minimum atomic E-state index is -1.01. The van der Waals surface area contributed by atoms with Gasteiger partial charge in [0, 0.05) is 197 Å². The first-order chi connectivity index (χ1) is 69.2. The highest BCUT2D eigenvalue weighted by Gasteiger charge is 2.36. The summed E-state index contributed by atoms with van der Waals surface area (Å²) in [5.41, 5.74) is 10.6. The molecule has 0 radical (unpaired) electrons. The van der Waals surface area contributed by atoms with E-state index in [-0.39, 0.29) is 134 Å². The smallest absolute Gasteiger partial charge is 0.340 e. The maximum atomic E-state index is 14.5. The number of carboxylic acids is 1. The SMILES string of the molecule is COC(=O)c1c(C(=O)Cc2ccc(F)c(C(=O)N3CCC(OC)CC3)c2)c(C)n(C)c1C.COC(=O)c1c(C)[nH]c(C)c1C(=O)Cc1ccc(F)c(C(=O)N2CCC(OC)CC2)c1.COC1CCN(C(=O)c2cc(CC(=O)O)ccc2F)CC1.COC1CCN(C(=O)c2cc(Cc3n[nH]c(=O)c4c(C)[nH]c(C)c34)ccc2F)CC1.COC1CCN(C(=O)c2cc(Cc3n[nH]c(=O)c4c(C)n(C)c(C)c34)ccc2F)CC1. The van der Waals surface area contributed by atoms with Gasteiger partial charge in [-0.15, -0.1) is 0 Å². The molecule has 33 nitrogen and oxygen atoms in total. The summed E-state index contributed by atoms with van der Waals surface area (Å²) in [5, 5.41) is 25.1. The molecule has 145 heavy (non-hydrogen) atoms. The number of hydrogen-bond acceptors (Lipinski definition) is 21. The zero-order chi connectivity index (χ0) is 105. The Balaban J connectivity index is 0.000000162. The number of rotatable bonds is 24. The summed E-state index contributed by atoms with van der Waals surface area (Å²) in [5.74, 6) is -7.54. The maximum absolute atomic E-state index is 14.5. The minimum absolute atomic E-state index is 0.0553. The molecule has 774 valence electrons. The third kappa shape index (κ3) is 25.5. The van der Waals surface area contributed by atoms with Gasteiger partial charge in [0.25, 0.3) is 40.7 Å². The number of Topliss-reactive ketones (excluding diaryl/α,β-unsaturated/α-hetero) is 2. The van der Waals surface area contributed by atoms with Crippen LogP contribution in [0.15, 0.2) is 101 Å². The summed E-state index contributed by atoms with van der Waals surface area (Å²) in [6.45, 7) is 19.7. The van der Waals surface area contributed by atoms with Crippen molar-refractivity contribution in [3.63, 3.8) is 0 Å². The molecule has 6 aromatic heterocycles. The number of esters is 2. The minimum Gasteiger partial charge on any atom is -0.481 e. The number of H-pyrrole nitrogens is 4. The first-order valence-corrected chi connectivity index (χ1v) is 48.1. The zero-order valence-electron chi connectivity index (χ0n) is 84.8. The van der Waals surface area contributed by atoms with Crippen LogP contribution in [0.4, 0.5) is 22.0 Å². The van der Waals surface area contributed by atoms with E-state index in [0.29, 0.717) is 166 Å². The predicted molar refractivity (Wildman–Crippen MR) is 530 cm³/mol. The number of halogens is 5. The molecule has 38 heteroatoms. The van der Waals surface area contributed by atoms with Gasteiger partial charge in [-0.1, -0.05) is 30.3 Å². The number of piperidine rings is 5. The number of fused-ring (bicyclic) bond motifs is 2. The predicted octanol–water partition coefficient (Wildman–Crippen LogP) is 13.9. The largest absolute Gasteiger partial charge is 0.481 e. The number of amides is 5. The number of ketones is 2. The molecule has 0 saturated carbocycles. The van der Waals surface area contributed by atoms with Crippen molar-refractivity contribution < 1.29 is 108 Å². The normalized spacial score (nSPS) is 15.0. The molecule has 5 aliphatic rings. The Morgan fingerprint density at radius 3 is 0.924 bits per heavy atom. The van der Waals surface area contributed by atoms with Crippen molar-refractivity contribution in [2.45, 2.75) is 182 Å². The topological polar surface area (TPSA) is 405 Å². The number of aliphatic carboxylic acids is 1. The third-order valence-electron chi connectivity index (χ3n) is 28.1. The van der Waals surface area contributed by atoms with Gasteiger partial charge in [0.15, 0.2) is 11.6 Å². The van der Waals surface area contributed by atoms with Crippen LogP contribution in [0.1, 0.15) is 242 Å². The lowest BCUT2D eigenvalue weighted by Gasteiger charge is -2.31. The number of ether oxygens (including phenoxy) is 7. The number of carbonyl (C=O) groups is 10. The summed E-state index contributed by atoms with van der Waals surface area (Å²) in [7, 11) is 14.5. The van der Waals surface area contributed by atoms with Crippen LogP contribution in [0, 0.1) is 84.5 Å². The second kappa shape index (κ2) is 49.1. The van der Waals surface area contributed by atoms with Crippen molar-refractivity contribution in [1.82, 2.24) is 64.0 Å². The Bertz CT molecular complexity index is 6790. The van der Waals surface area contributed by atoms with Crippen LogP contribution in [0.5, 0.6) is 0 Å². The summed E-state index contributed by atoms with van der Waals surface area (Å²) >= 11 is 0. The van der Waals surface area contributed by atoms with E-state index < -0.39 is 64.7 Å². The number of carbonyl (C=O) groups excluding carboxylic acids is 9. The number of hydrogen-bond donors (Lipinski definition) is 5. The molecule has 11 aromatic rings. The number of aromatic amines is 4. The molecular formula is C107H126F5N13O20. The fraction of sp³-hybridized carbons (Fsp3) is 0.439. The lowest BCUT2D eigenvalue weighted by Crippen LogP contribution is -2.41. The second-order valence-corrected chi connectivity index (χ2v) is 37.0. The lowest BCUT2D eigenvalue weighted by atomic mass is 9.97. The molecular weight excluding hydrogens is 1880 g/mol. The van der Waals surface area contributed by atoms with E-state index in [9.17, 15) is 79.5 Å². The molecule has 5 saturated heterocycles. The van der Waals surface area contributed by atoms with E-state index in [4.69, 9.17) is 38.3 Å². The first kappa shape index (κ1) is 110. The van der Waals surface area contributed by atoms with Crippen LogP contribution in [-0.4, -0.2) is 274 Å². The van der Waals surface area contributed by atoms with Gasteiger partial charge < -0.3 is 81.9 Å². The Morgan fingerprint density at radius 1 is 0.331 bits per heavy atom. The fourth-order valence-corrected chi connectivity index (χ4v) is 19.5. The summed E-state index contributed by atoms with van der Waals surface area (Å²) in [6, 6.07) is 21.2. The monoisotopic (exact) mass is 2010 g/mol. The molecule has 0 spiro atoms. The van der Waals surface area contributed by atoms with Gasteiger partial charge in [-0.2, -0.15) is 10.2 Å². The molecule has 16 rings (SSSR count). The average molecular weight is 2010 g/mol. The number of likely N-dealkylation sites (tertiary alicyclic amines) is 5. The summed E-state index contributed by atoms with van der Waals surface area (Å²) in [6.07, 6.45) is 8.24. The van der Waals surface area contributed by atoms with E-state index in [1.807, 2.05) is 39.3 Å². The third-order valence-corrected chi connectivity index (χ3v) is 28.1. The molecule has 0 unspecified atom stereocenters. The fourth-order valence-electron chi connectivity index (χ4n) is 19.5. The van der Waals surface area contributed by atoms with Gasteiger partial charge in [0.05, 0.1) is 123 Å². The van der Waals surface area contributed by atoms with Crippen LogP contribution in [0.2, 0.25) is 0 Å². The molecule has 0 aliphatic carbocycles. The summed E-state index contributed by atoms with van der Waals surface area (Å²) in [4.78, 5) is 164. The average Bonchev–Trinajstić information content (AvgIpc) is 1.60. The molecule has 0 bridgehead atoms.